The van der Waals surface area contributed by atoms with Gasteiger partial charge in [0, 0.05) is 6.54 Å². The summed E-state index contributed by atoms with van der Waals surface area (Å²) in [5.41, 5.74) is 2.51. The lowest BCUT2D eigenvalue weighted by atomic mass is 10.2. The second-order valence-electron chi connectivity index (χ2n) is 6.64. The highest BCUT2D eigenvalue weighted by Crippen LogP contribution is 2.16. The first kappa shape index (κ1) is 17.7. The molecule has 0 bridgehead atoms. The molecule has 140 valence electrons. The third-order valence-corrected chi connectivity index (χ3v) is 4.77. The number of para-hydroxylation sites is 1. The summed E-state index contributed by atoms with van der Waals surface area (Å²) >= 11 is 0. The molecule has 2 heterocycles. The van der Waals surface area contributed by atoms with Gasteiger partial charge in [-0.25, -0.2) is 14.3 Å². The van der Waals surface area contributed by atoms with E-state index in [4.69, 9.17) is 0 Å². The SMILES string of the molecule is C=CCn1cnc2c1c(=O)n(Cc1ccccc1)c(=O)n2-c1ccccc1C. The minimum Gasteiger partial charge on any atom is -0.321 e. The van der Waals surface area contributed by atoms with Gasteiger partial charge in [0.2, 0.25) is 0 Å². The van der Waals surface area contributed by atoms with Crippen molar-refractivity contribution in [2.45, 2.75) is 20.0 Å². The Morgan fingerprint density at radius 1 is 1.04 bits per heavy atom. The number of imidazole rings is 1. The molecule has 0 saturated carbocycles. The summed E-state index contributed by atoms with van der Waals surface area (Å²) in [5.74, 6) is 0. The lowest BCUT2D eigenvalue weighted by Gasteiger charge is -2.14. The monoisotopic (exact) mass is 372 g/mol. The predicted octanol–water partition coefficient (Wildman–Crippen LogP) is 2.89. The Labute approximate surface area is 161 Å². The largest absolute Gasteiger partial charge is 0.337 e. The molecule has 0 fully saturated rings. The summed E-state index contributed by atoms with van der Waals surface area (Å²) in [6, 6.07) is 17.1. The van der Waals surface area contributed by atoms with Crippen molar-refractivity contribution < 1.29 is 0 Å². The standard InChI is InChI=1S/C22H20N4O2/c1-3-13-24-15-23-20-19(24)21(27)25(14-17-10-5-4-6-11-17)22(28)26(20)18-12-8-7-9-16(18)2/h3-12,15H,1,13-14H2,2H3. The normalized spacial score (nSPS) is 11.0. The van der Waals surface area contributed by atoms with E-state index >= 15 is 0 Å². The van der Waals surface area contributed by atoms with Gasteiger partial charge in [0.25, 0.3) is 5.56 Å². The van der Waals surface area contributed by atoms with Gasteiger partial charge < -0.3 is 4.57 Å². The van der Waals surface area contributed by atoms with E-state index in [1.54, 1.807) is 17.0 Å². The molecule has 0 aliphatic heterocycles. The Hall–Kier alpha value is -3.67. The second-order valence-corrected chi connectivity index (χ2v) is 6.64. The van der Waals surface area contributed by atoms with Crippen LogP contribution in [-0.4, -0.2) is 18.7 Å². The van der Waals surface area contributed by atoms with Crippen LogP contribution < -0.4 is 11.2 Å². The first-order chi connectivity index (χ1) is 13.6. The Morgan fingerprint density at radius 2 is 1.75 bits per heavy atom. The molecule has 0 aliphatic carbocycles. The van der Waals surface area contributed by atoms with Gasteiger partial charge in [-0.3, -0.25) is 9.36 Å². The van der Waals surface area contributed by atoms with Crippen LogP contribution in [0.15, 0.2) is 83.2 Å². The first-order valence-electron chi connectivity index (χ1n) is 9.03. The maximum atomic E-state index is 13.4. The number of nitrogens with zero attached hydrogens (tertiary/aromatic N) is 4. The molecule has 0 unspecified atom stereocenters. The van der Waals surface area contributed by atoms with Crippen LogP contribution in [0.3, 0.4) is 0 Å². The highest BCUT2D eigenvalue weighted by molar-refractivity contribution is 5.73. The molecule has 0 N–H and O–H groups in total. The minimum absolute atomic E-state index is 0.194. The predicted molar refractivity (Wildman–Crippen MR) is 110 cm³/mol. The average Bonchev–Trinajstić information content (AvgIpc) is 3.11. The number of allylic oxidation sites excluding steroid dienone is 1. The fourth-order valence-corrected chi connectivity index (χ4v) is 3.39. The maximum Gasteiger partial charge on any atom is 0.337 e. The molecule has 6 nitrogen and oxygen atoms in total. The van der Waals surface area contributed by atoms with Crippen molar-refractivity contribution in [3.63, 3.8) is 0 Å². The van der Waals surface area contributed by atoms with Gasteiger partial charge >= 0.3 is 5.69 Å². The van der Waals surface area contributed by atoms with Crippen LogP contribution >= 0.6 is 0 Å². The van der Waals surface area contributed by atoms with Crippen LogP contribution in [0, 0.1) is 6.92 Å². The van der Waals surface area contributed by atoms with Crippen molar-refractivity contribution in [2.24, 2.45) is 0 Å². The first-order valence-corrected chi connectivity index (χ1v) is 9.03. The third-order valence-electron chi connectivity index (χ3n) is 4.77. The van der Waals surface area contributed by atoms with E-state index in [9.17, 15) is 9.59 Å². The molecule has 0 aliphatic rings. The van der Waals surface area contributed by atoms with Crippen molar-refractivity contribution in [2.75, 3.05) is 0 Å². The van der Waals surface area contributed by atoms with E-state index in [0.717, 1.165) is 11.1 Å². The van der Waals surface area contributed by atoms with Gasteiger partial charge in [0.1, 0.15) is 0 Å². The van der Waals surface area contributed by atoms with Gasteiger partial charge in [-0.2, -0.15) is 0 Å². The average molecular weight is 372 g/mol. The third kappa shape index (κ3) is 2.89. The Balaban J connectivity index is 2.08. The van der Waals surface area contributed by atoms with Crippen LogP contribution in [0.25, 0.3) is 16.9 Å². The topological polar surface area (TPSA) is 61.8 Å². The molecule has 2 aromatic heterocycles. The molecular formula is C22H20N4O2. The highest BCUT2D eigenvalue weighted by Gasteiger charge is 2.19. The Morgan fingerprint density at radius 3 is 2.46 bits per heavy atom. The zero-order chi connectivity index (χ0) is 19.7. The van der Waals surface area contributed by atoms with Gasteiger partial charge in [0.05, 0.1) is 18.6 Å². The molecule has 0 amide bonds. The molecule has 28 heavy (non-hydrogen) atoms. The summed E-state index contributed by atoms with van der Waals surface area (Å²) in [5, 5.41) is 0. The fraction of sp³-hybridized carbons (Fsp3) is 0.136. The molecular weight excluding hydrogens is 352 g/mol. The van der Waals surface area contributed by atoms with E-state index in [2.05, 4.69) is 11.6 Å². The molecule has 2 aromatic carbocycles. The number of rotatable bonds is 5. The van der Waals surface area contributed by atoms with E-state index in [1.807, 2.05) is 61.5 Å². The molecule has 6 heteroatoms. The van der Waals surface area contributed by atoms with E-state index in [1.165, 1.54) is 9.13 Å². The highest BCUT2D eigenvalue weighted by atomic mass is 16.2. The van der Waals surface area contributed by atoms with Crippen LogP contribution in [0.4, 0.5) is 0 Å². The van der Waals surface area contributed by atoms with Crippen LogP contribution in [0.2, 0.25) is 0 Å². The molecule has 0 spiro atoms. The van der Waals surface area contributed by atoms with Crippen molar-refractivity contribution in [3.05, 3.63) is 106 Å². The van der Waals surface area contributed by atoms with E-state index < -0.39 is 5.69 Å². The number of aromatic nitrogens is 4. The smallest absolute Gasteiger partial charge is 0.321 e. The van der Waals surface area contributed by atoms with Crippen molar-refractivity contribution in [3.8, 4) is 5.69 Å². The number of hydrogen-bond donors (Lipinski definition) is 0. The lowest BCUT2D eigenvalue weighted by molar-refractivity contribution is 0.677. The van der Waals surface area contributed by atoms with Gasteiger partial charge in [-0.05, 0) is 24.1 Å². The van der Waals surface area contributed by atoms with Crippen LogP contribution in [0.5, 0.6) is 0 Å². The number of hydrogen-bond acceptors (Lipinski definition) is 3. The Bertz CT molecular complexity index is 1280. The quantitative estimate of drug-likeness (QED) is 0.506. The van der Waals surface area contributed by atoms with Crippen molar-refractivity contribution >= 4 is 11.2 Å². The molecule has 0 saturated heterocycles. The zero-order valence-corrected chi connectivity index (χ0v) is 15.6. The fourth-order valence-electron chi connectivity index (χ4n) is 3.39. The summed E-state index contributed by atoms with van der Waals surface area (Å²) in [6.45, 7) is 6.31. The molecule has 0 atom stereocenters. The van der Waals surface area contributed by atoms with Crippen LogP contribution in [0.1, 0.15) is 11.1 Å². The minimum atomic E-state index is -0.403. The summed E-state index contributed by atoms with van der Waals surface area (Å²) in [6.07, 6.45) is 3.28. The van der Waals surface area contributed by atoms with Gasteiger partial charge in [0.15, 0.2) is 11.2 Å². The number of fused-ring (bicyclic) bond motifs is 1. The zero-order valence-electron chi connectivity index (χ0n) is 15.6. The summed E-state index contributed by atoms with van der Waals surface area (Å²) in [4.78, 5) is 31.0. The van der Waals surface area contributed by atoms with Crippen LogP contribution in [-0.2, 0) is 13.1 Å². The molecule has 4 aromatic rings. The molecule has 0 radical (unpaired) electrons. The number of aryl methyl sites for hydroxylation is 1. The van der Waals surface area contributed by atoms with E-state index in [0.29, 0.717) is 23.4 Å². The Kier molecular flexibility index (Phi) is 4.53. The second kappa shape index (κ2) is 7.15. The summed E-state index contributed by atoms with van der Waals surface area (Å²) < 4.78 is 4.51. The van der Waals surface area contributed by atoms with E-state index in [-0.39, 0.29) is 12.1 Å². The maximum absolute atomic E-state index is 13.4. The summed E-state index contributed by atoms with van der Waals surface area (Å²) in [7, 11) is 0. The lowest BCUT2D eigenvalue weighted by Crippen LogP contribution is -2.40. The van der Waals surface area contributed by atoms with Crippen molar-refractivity contribution in [1.29, 1.82) is 0 Å². The molecule has 4 rings (SSSR count). The number of benzene rings is 2. The van der Waals surface area contributed by atoms with Crippen molar-refractivity contribution in [1.82, 2.24) is 18.7 Å². The van der Waals surface area contributed by atoms with Gasteiger partial charge in [-0.1, -0.05) is 54.6 Å². The van der Waals surface area contributed by atoms with Gasteiger partial charge in [-0.15, -0.1) is 6.58 Å².